The minimum Gasteiger partial charge on any atom is -0.465 e. The Morgan fingerprint density at radius 3 is 2.52 bits per heavy atom. The first-order chi connectivity index (χ1) is 14.9. The van der Waals surface area contributed by atoms with E-state index in [0.29, 0.717) is 22.8 Å². The molecule has 31 heavy (non-hydrogen) atoms. The molecule has 1 aromatic heterocycles. The normalized spacial score (nSPS) is 15.2. The summed E-state index contributed by atoms with van der Waals surface area (Å²) in [7, 11) is 1.33. The van der Waals surface area contributed by atoms with Crippen LogP contribution in [0.4, 0.5) is 11.6 Å². The Bertz CT molecular complexity index is 1200. The Labute approximate surface area is 179 Å². The predicted molar refractivity (Wildman–Crippen MR) is 115 cm³/mol. The van der Waals surface area contributed by atoms with E-state index >= 15 is 0 Å². The fourth-order valence-corrected chi connectivity index (χ4v) is 3.68. The number of fused-ring (bicyclic) bond motifs is 1. The van der Waals surface area contributed by atoms with Crippen molar-refractivity contribution in [3.05, 3.63) is 76.0 Å². The highest BCUT2D eigenvalue weighted by molar-refractivity contribution is 6.06. The molecule has 158 valence electrons. The van der Waals surface area contributed by atoms with Crippen LogP contribution in [0.15, 0.2) is 53.7 Å². The molecule has 1 aliphatic rings. The molecule has 4 rings (SSSR count). The van der Waals surface area contributed by atoms with Gasteiger partial charge >= 0.3 is 5.97 Å². The quantitative estimate of drug-likeness (QED) is 0.627. The number of aryl methyl sites for hydroxylation is 2. The Hall–Kier alpha value is -4.01. The Morgan fingerprint density at radius 1 is 1.10 bits per heavy atom. The van der Waals surface area contributed by atoms with Crippen LogP contribution in [0.1, 0.15) is 40.0 Å². The second kappa shape index (κ2) is 8.02. The van der Waals surface area contributed by atoms with Gasteiger partial charge in [0, 0.05) is 11.4 Å². The number of benzene rings is 2. The van der Waals surface area contributed by atoms with Crippen LogP contribution in [-0.4, -0.2) is 39.2 Å². The number of hydrogen-bond acceptors (Lipinski definition) is 7. The number of methoxy groups -OCH3 is 1. The monoisotopic (exact) mass is 418 g/mol. The van der Waals surface area contributed by atoms with Crippen molar-refractivity contribution in [2.24, 2.45) is 0 Å². The Morgan fingerprint density at radius 2 is 1.84 bits per heavy atom. The van der Waals surface area contributed by atoms with Crippen molar-refractivity contribution in [3.63, 3.8) is 0 Å². The summed E-state index contributed by atoms with van der Waals surface area (Å²) < 4.78 is 6.32. The number of amides is 1. The first-order valence-electron chi connectivity index (χ1n) is 9.71. The summed E-state index contributed by atoms with van der Waals surface area (Å²) in [5.41, 5.74) is 5.12. The van der Waals surface area contributed by atoms with Gasteiger partial charge in [-0.25, -0.2) is 4.79 Å². The second-order valence-electron chi connectivity index (χ2n) is 7.40. The van der Waals surface area contributed by atoms with Crippen molar-refractivity contribution in [2.45, 2.75) is 26.8 Å². The number of hydrogen-bond donors (Lipinski definition) is 2. The third-order valence-electron chi connectivity index (χ3n) is 5.24. The summed E-state index contributed by atoms with van der Waals surface area (Å²) in [6.07, 6.45) is 0. The number of ether oxygens (including phenoxy) is 1. The number of nitrogens with zero attached hydrogens (tertiary/aromatic N) is 4. The molecule has 2 N–H and O–H groups in total. The smallest absolute Gasteiger partial charge is 0.337 e. The van der Waals surface area contributed by atoms with Crippen molar-refractivity contribution < 1.29 is 14.3 Å². The van der Waals surface area contributed by atoms with Crippen LogP contribution in [-0.2, 0) is 9.53 Å². The van der Waals surface area contributed by atoms with Gasteiger partial charge < -0.3 is 15.4 Å². The number of carbonyl (C=O) groups excluding carboxylic acids is 2. The largest absolute Gasteiger partial charge is 0.465 e. The van der Waals surface area contributed by atoms with Crippen LogP contribution >= 0.6 is 0 Å². The van der Waals surface area contributed by atoms with Crippen molar-refractivity contribution in [1.82, 2.24) is 20.2 Å². The van der Waals surface area contributed by atoms with Gasteiger partial charge in [-0.2, -0.15) is 4.68 Å². The molecule has 0 spiro atoms. The van der Waals surface area contributed by atoms with Gasteiger partial charge in [0.2, 0.25) is 5.95 Å². The van der Waals surface area contributed by atoms with E-state index in [1.807, 2.05) is 39.0 Å². The fraction of sp³-hybridized carbons (Fsp3) is 0.227. The van der Waals surface area contributed by atoms with Crippen LogP contribution in [0.5, 0.6) is 0 Å². The van der Waals surface area contributed by atoms with Gasteiger partial charge in [-0.15, -0.1) is 0 Å². The number of anilines is 2. The average Bonchev–Trinajstić information content (AvgIpc) is 3.22. The lowest BCUT2D eigenvalue weighted by molar-refractivity contribution is -0.113. The van der Waals surface area contributed by atoms with Crippen LogP contribution in [0, 0.1) is 13.8 Å². The summed E-state index contributed by atoms with van der Waals surface area (Å²) in [5.74, 6) is -0.262. The Kier molecular flexibility index (Phi) is 5.24. The van der Waals surface area contributed by atoms with E-state index in [-0.39, 0.29) is 5.91 Å². The van der Waals surface area contributed by atoms with Crippen LogP contribution in [0.3, 0.4) is 0 Å². The lowest BCUT2D eigenvalue weighted by atomic mass is 9.94. The predicted octanol–water partition coefficient (Wildman–Crippen LogP) is 3.00. The van der Waals surface area contributed by atoms with Crippen molar-refractivity contribution in [3.8, 4) is 0 Å². The second-order valence-corrected chi connectivity index (χ2v) is 7.40. The van der Waals surface area contributed by atoms with E-state index in [0.717, 1.165) is 22.4 Å². The van der Waals surface area contributed by atoms with Gasteiger partial charge in [0.15, 0.2) is 0 Å². The molecule has 0 bridgehead atoms. The number of carbonyl (C=O) groups is 2. The summed E-state index contributed by atoms with van der Waals surface area (Å²) in [4.78, 5) is 25.2. The number of esters is 1. The number of rotatable bonds is 4. The molecule has 2 aromatic carbocycles. The van der Waals surface area contributed by atoms with E-state index in [1.165, 1.54) is 7.11 Å². The molecule has 0 unspecified atom stereocenters. The highest BCUT2D eigenvalue weighted by Gasteiger charge is 2.34. The molecule has 0 aliphatic carbocycles. The first kappa shape index (κ1) is 20.3. The average molecular weight is 418 g/mol. The molecule has 3 aromatic rings. The maximum Gasteiger partial charge on any atom is 0.337 e. The maximum absolute atomic E-state index is 13.4. The Balaban J connectivity index is 1.74. The van der Waals surface area contributed by atoms with Crippen LogP contribution in [0.2, 0.25) is 0 Å². The van der Waals surface area contributed by atoms with Gasteiger partial charge in [0.1, 0.15) is 6.04 Å². The number of tetrazole rings is 1. The molecule has 2 heterocycles. The van der Waals surface area contributed by atoms with Gasteiger partial charge in [-0.1, -0.05) is 34.9 Å². The minimum atomic E-state index is -0.566. The summed E-state index contributed by atoms with van der Waals surface area (Å²) >= 11 is 0. The van der Waals surface area contributed by atoms with Gasteiger partial charge in [-0.3, -0.25) is 4.79 Å². The zero-order chi connectivity index (χ0) is 22.1. The highest BCUT2D eigenvalue weighted by atomic mass is 16.5. The molecule has 0 fully saturated rings. The number of aromatic nitrogens is 4. The molecule has 9 nitrogen and oxygen atoms in total. The third kappa shape index (κ3) is 3.77. The molecule has 0 saturated heterocycles. The molecule has 9 heteroatoms. The van der Waals surface area contributed by atoms with E-state index in [9.17, 15) is 9.59 Å². The molecule has 0 saturated carbocycles. The van der Waals surface area contributed by atoms with Gasteiger partial charge in [0.25, 0.3) is 5.91 Å². The van der Waals surface area contributed by atoms with E-state index in [2.05, 4.69) is 26.2 Å². The maximum atomic E-state index is 13.4. The lowest BCUT2D eigenvalue weighted by Gasteiger charge is -2.28. The number of allylic oxidation sites excluding steroid dienone is 1. The van der Waals surface area contributed by atoms with Gasteiger partial charge in [-0.05, 0) is 60.5 Å². The molecule has 1 amide bonds. The zero-order valence-corrected chi connectivity index (χ0v) is 17.6. The molecule has 1 atom stereocenters. The van der Waals surface area contributed by atoms with Crippen molar-refractivity contribution >= 4 is 23.5 Å². The van der Waals surface area contributed by atoms with E-state index < -0.39 is 12.0 Å². The third-order valence-corrected chi connectivity index (χ3v) is 5.24. The van der Waals surface area contributed by atoms with Crippen LogP contribution in [0.25, 0.3) is 0 Å². The minimum absolute atomic E-state index is 0.264. The molecular formula is C22H22N6O3. The SMILES string of the molecule is COC(=O)c1ccc([C@H]2C(C(=O)Nc3ccc(C)cc3C)=C(C)Nc3nnnn32)cc1. The topological polar surface area (TPSA) is 111 Å². The van der Waals surface area contributed by atoms with Crippen molar-refractivity contribution in [2.75, 3.05) is 17.7 Å². The summed E-state index contributed by atoms with van der Waals surface area (Å²) in [5, 5.41) is 17.9. The summed E-state index contributed by atoms with van der Waals surface area (Å²) in [6, 6.07) is 12.1. The standard InChI is InChI=1S/C22H22N6O3/c1-12-5-10-17(13(2)11-12)24-20(29)18-14(3)23-22-25-26-27-28(22)19(18)15-6-8-16(9-7-15)21(30)31-4/h5-11,19H,1-4H3,(H,24,29)(H,23,25,27)/t19-/m0/s1. The van der Waals surface area contributed by atoms with Gasteiger partial charge in [0.05, 0.1) is 18.2 Å². The summed E-state index contributed by atoms with van der Waals surface area (Å²) in [6.45, 7) is 5.76. The highest BCUT2D eigenvalue weighted by Crippen LogP contribution is 2.35. The number of nitrogens with one attached hydrogen (secondary N) is 2. The van der Waals surface area contributed by atoms with E-state index in [1.54, 1.807) is 28.9 Å². The zero-order valence-electron chi connectivity index (χ0n) is 17.6. The van der Waals surface area contributed by atoms with Crippen molar-refractivity contribution in [1.29, 1.82) is 0 Å². The lowest BCUT2D eigenvalue weighted by Crippen LogP contribution is -2.31. The first-order valence-corrected chi connectivity index (χ1v) is 9.71. The molecular weight excluding hydrogens is 396 g/mol. The molecule has 0 radical (unpaired) electrons. The van der Waals surface area contributed by atoms with Crippen LogP contribution < -0.4 is 10.6 Å². The molecule has 1 aliphatic heterocycles. The fourth-order valence-electron chi connectivity index (χ4n) is 3.68. The van der Waals surface area contributed by atoms with E-state index in [4.69, 9.17) is 4.74 Å².